The molecule has 2 rings (SSSR count). The monoisotopic (exact) mass is 232 g/mol. The largest absolute Gasteiger partial charge is 0.493 e. The maximum atomic E-state index is 13.6. The Balaban J connectivity index is 2.50. The van der Waals surface area contributed by atoms with Gasteiger partial charge in [-0.3, -0.25) is 0 Å². The van der Waals surface area contributed by atoms with Crippen molar-refractivity contribution in [3.63, 3.8) is 0 Å². The first-order valence-corrected chi connectivity index (χ1v) is 5.23. The molecule has 0 unspecified atom stereocenters. The summed E-state index contributed by atoms with van der Waals surface area (Å²) in [5, 5.41) is 0. The first-order chi connectivity index (χ1) is 8.26. The second kappa shape index (κ2) is 4.87. The molecule has 0 amide bonds. The van der Waals surface area contributed by atoms with Crippen molar-refractivity contribution in [2.75, 3.05) is 14.2 Å². The van der Waals surface area contributed by atoms with Gasteiger partial charge in [0.2, 0.25) is 0 Å². The zero-order chi connectivity index (χ0) is 12.3. The van der Waals surface area contributed by atoms with Gasteiger partial charge in [0.05, 0.1) is 14.2 Å². The molecule has 2 aromatic rings. The van der Waals surface area contributed by atoms with E-state index in [0.29, 0.717) is 17.1 Å². The molecule has 0 fully saturated rings. The number of halogens is 1. The summed E-state index contributed by atoms with van der Waals surface area (Å²) in [5.41, 5.74) is 1.31. The van der Waals surface area contributed by atoms with Crippen molar-refractivity contribution in [3.05, 3.63) is 48.3 Å². The second-order valence-corrected chi connectivity index (χ2v) is 3.55. The van der Waals surface area contributed by atoms with Gasteiger partial charge in [-0.1, -0.05) is 24.3 Å². The van der Waals surface area contributed by atoms with E-state index >= 15 is 0 Å². The van der Waals surface area contributed by atoms with E-state index in [0.717, 1.165) is 5.56 Å². The molecule has 0 N–H and O–H groups in total. The van der Waals surface area contributed by atoms with Crippen LogP contribution in [0.3, 0.4) is 0 Å². The smallest absolute Gasteiger partial charge is 0.161 e. The van der Waals surface area contributed by atoms with Crippen molar-refractivity contribution in [1.82, 2.24) is 0 Å². The quantitative estimate of drug-likeness (QED) is 0.806. The van der Waals surface area contributed by atoms with Gasteiger partial charge in [0, 0.05) is 5.56 Å². The Morgan fingerprint density at radius 1 is 0.882 bits per heavy atom. The van der Waals surface area contributed by atoms with Crippen molar-refractivity contribution in [3.8, 4) is 22.6 Å². The van der Waals surface area contributed by atoms with Gasteiger partial charge in [-0.25, -0.2) is 4.39 Å². The standard InChI is InChI=1S/C14H13FO2/c1-16-13-8-7-10(9-14(13)17-2)11-5-3-4-6-12(11)15/h3-9H,1-2H3. The summed E-state index contributed by atoms with van der Waals surface area (Å²) in [6.07, 6.45) is 0. The Hall–Kier alpha value is -2.03. The summed E-state index contributed by atoms with van der Waals surface area (Å²) >= 11 is 0. The highest BCUT2D eigenvalue weighted by Gasteiger charge is 2.08. The lowest BCUT2D eigenvalue weighted by atomic mass is 10.0. The molecule has 0 atom stereocenters. The van der Waals surface area contributed by atoms with Crippen LogP contribution in [0, 0.1) is 5.82 Å². The summed E-state index contributed by atoms with van der Waals surface area (Å²) in [5.74, 6) is 0.973. The number of benzene rings is 2. The third-order valence-corrected chi connectivity index (χ3v) is 2.57. The van der Waals surface area contributed by atoms with Gasteiger partial charge in [-0.2, -0.15) is 0 Å². The molecule has 17 heavy (non-hydrogen) atoms. The SMILES string of the molecule is COc1ccc(-c2ccccc2F)cc1OC. The number of ether oxygens (including phenoxy) is 2. The van der Waals surface area contributed by atoms with Crippen LogP contribution in [0.1, 0.15) is 0 Å². The van der Waals surface area contributed by atoms with Crippen LogP contribution in [0.5, 0.6) is 11.5 Å². The molecular weight excluding hydrogens is 219 g/mol. The Bertz CT molecular complexity index is 523. The molecule has 0 heterocycles. The van der Waals surface area contributed by atoms with E-state index in [9.17, 15) is 4.39 Å². The fourth-order valence-corrected chi connectivity index (χ4v) is 1.70. The third-order valence-electron chi connectivity index (χ3n) is 2.57. The Morgan fingerprint density at radius 2 is 1.59 bits per heavy atom. The van der Waals surface area contributed by atoms with Crippen molar-refractivity contribution >= 4 is 0 Å². The predicted octanol–water partition coefficient (Wildman–Crippen LogP) is 3.51. The molecule has 2 aromatic carbocycles. The predicted molar refractivity (Wildman–Crippen MR) is 64.9 cm³/mol. The van der Waals surface area contributed by atoms with Gasteiger partial charge in [0.1, 0.15) is 5.82 Å². The van der Waals surface area contributed by atoms with E-state index in [-0.39, 0.29) is 5.82 Å². The van der Waals surface area contributed by atoms with Crippen LogP contribution in [-0.4, -0.2) is 14.2 Å². The van der Waals surface area contributed by atoms with E-state index < -0.39 is 0 Å². The molecule has 0 saturated carbocycles. The van der Waals surface area contributed by atoms with Crippen LogP contribution in [0.25, 0.3) is 11.1 Å². The lowest BCUT2D eigenvalue weighted by Crippen LogP contribution is -1.91. The van der Waals surface area contributed by atoms with Gasteiger partial charge in [0.15, 0.2) is 11.5 Å². The molecule has 0 saturated heterocycles. The molecular formula is C14H13FO2. The maximum Gasteiger partial charge on any atom is 0.161 e. The van der Waals surface area contributed by atoms with Gasteiger partial charge >= 0.3 is 0 Å². The Kier molecular flexibility index (Phi) is 3.28. The van der Waals surface area contributed by atoms with E-state index in [1.165, 1.54) is 6.07 Å². The van der Waals surface area contributed by atoms with Crippen LogP contribution in [-0.2, 0) is 0 Å². The lowest BCUT2D eigenvalue weighted by Gasteiger charge is -2.10. The average molecular weight is 232 g/mol. The highest BCUT2D eigenvalue weighted by atomic mass is 19.1. The fourth-order valence-electron chi connectivity index (χ4n) is 1.70. The Morgan fingerprint density at radius 3 is 2.24 bits per heavy atom. The number of rotatable bonds is 3. The Labute approximate surface area is 99.6 Å². The lowest BCUT2D eigenvalue weighted by molar-refractivity contribution is 0.355. The van der Waals surface area contributed by atoms with Gasteiger partial charge in [-0.05, 0) is 23.8 Å². The van der Waals surface area contributed by atoms with E-state index in [2.05, 4.69) is 0 Å². The molecule has 0 bridgehead atoms. The van der Waals surface area contributed by atoms with Crippen molar-refractivity contribution in [1.29, 1.82) is 0 Å². The van der Waals surface area contributed by atoms with Crippen LogP contribution >= 0.6 is 0 Å². The second-order valence-electron chi connectivity index (χ2n) is 3.55. The van der Waals surface area contributed by atoms with E-state index in [1.807, 2.05) is 0 Å². The summed E-state index contributed by atoms with van der Waals surface area (Å²) in [6.45, 7) is 0. The summed E-state index contributed by atoms with van der Waals surface area (Å²) in [6, 6.07) is 12.0. The highest BCUT2D eigenvalue weighted by Crippen LogP contribution is 2.33. The fraction of sp³-hybridized carbons (Fsp3) is 0.143. The first kappa shape index (κ1) is 11.5. The molecule has 0 aliphatic rings. The summed E-state index contributed by atoms with van der Waals surface area (Å²) < 4.78 is 24.0. The maximum absolute atomic E-state index is 13.6. The van der Waals surface area contributed by atoms with Crippen molar-refractivity contribution in [2.24, 2.45) is 0 Å². The highest BCUT2D eigenvalue weighted by molar-refractivity contribution is 5.67. The van der Waals surface area contributed by atoms with Crippen LogP contribution in [0.2, 0.25) is 0 Å². The van der Waals surface area contributed by atoms with Gasteiger partial charge in [-0.15, -0.1) is 0 Å². The third kappa shape index (κ3) is 2.23. The zero-order valence-electron chi connectivity index (χ0n) is 9.74. The minimum absolute atomic E-state index is 0.250. The average Bonchev–Trinajstić information content (AvgIpc) is 2.38. The molecule has 0 aliphatic heterocycles. The van der Waals surface area contributed by atoms with Gasteiger partial charge < -0.3 is 9.47 Å². The number of hydrogen-bond donors (Lipinski definition) is 0. The summed E-state index contributed by atoms with van der Waals surface area (Å²) in [7, 11) is 3.13. The zero-order valence-corrected chi connectivity index (χ0v) is 9.74. The van der Waals surface area contributed by atoms with Crippen molar-refractivity contribution < 1.29 is 13.9 Å². The van der Waals surface area contributed by atoms with Crippen LogP contribution in [0.4, 0.5) is 4.39 Å². The minimum atomic E-state index is -0.250. The van der Waals surface area contributed by atoms with E-state index in [1.54, 1.807) is 50.6 Å². The molecule has 0 aliphatic carbocycles. The van der Waals surface area contributed by atoms with Crippen LogP contribution in [0.15, 0.2) is 42.5 Å². The molecule has 0 aromatic heterocycles. The van der Waals surface area contributed by atoms with E-state index in [4.69, 9.17) is 9.47 Å². The summed E-state index contributed by atoms with van der Waals surface area (Å²) in [4.78, 5) is 0. The first-order valence-electron chi connectivity index (χ1n) is 5.23. The normalized spacial score (nSPS) is 10.1. The van der Waals surface area contributed by atoms with Crippen molar-refractivity contribution in [2.45, 2.75) is 0 Å². The van der Waals surface area contributed by atoms with Gasteiger partial charge in [0.25, 0.3) is 0 Å². The minimum Gasteiger partial charge on any atom is -0.493 e. The molecule has 88 valence electrons. The topological polar surface area (TPSA) is 18.5 Å². The molecule has 0 radical (unpaired) electrons. The number of methoxy groups -OCH3 is 2. The molecule has 3 heteroatoms. The number of hydrogen-bond acceptors (Lipinski definition) is 2. The molecule has 0 spiro atoms. The van der Waals surface area contributed by atoms with Crippen LogP contribution < -0.4 is 9.47 Å². The molecule has 2 nitrogen and oxygen atoms in total.